The molecule has 1 aromatic heterocycles. The summed E-state index contributed by atoms with van der Waals surface area (Å²) in [6.07, 6.45) is -0.0300. The fourth-order valence-corrected chi connectivity index (χ4v) is 2.06. The molecule has 0 saturated carbocycles. The van der Waals surface area contributed by atoms with E-state index in [0.717, 1.165) is 18.8 Å². The summed E-state index contributed by atoms with van der Waals surface area (Å²) < 4.78 is 11.5. The first-order chi connectivity index (χ1) is 9.00. The van der Waals surface area contributed by atoms with Crippen LogP contribution in [-0.2, 0) is 4.74 Å². The number of hydrogen-bond acceptors (Lipinski definition) is 5. The van der Waals surface area contributed by atoms with Gasteiger partial charge in [0.05, 0.1) is 5.60 Å². The van der Waals surface area contributed by atoms with E-state index in [4.69, 9.17) is 14.7 Å². The number of nitriles is 1. The van der Waals surface area contributed by atoms with Gasteiger partial charge in [-0.1, -0.05) is 0 Å². The Kier molecular flexibility index (Phi) is 4.03. The maximum Gasteiger partial charge on any atom is 0.231 e. The summed E-state index contributed by atoms with van der Waals surface area (Å²) in [5.41, 5.74) is 1.09. The highest BCUT2D eigenvalue weighted by Gasteiger charge is 2.28. The van der Waals surface area contributed by atoms with Crippen molar-refractivity contribution in [2.24, 2.45) is 0 Å². The zero-order valence-corrected chi connectivity index (χ0v) is 11.6. The smallest absolute Gasteiger partial charge is 0.231 e. The van der Waals surface area contributed by atoms with Crippen molar-refractivity contribution in [2.75, 3.05) is 19.7 Å². The molecule has 2 rings (SSSR count). The van der Waals surface area contributed by atoms with Crippen LogP contribution in [0.25, 0.3) is 0 Å². The van der Waals surface area contributed by atoms with Crippen LogP contribution < -0.4 is 10.1 Å². The van der Waals surface area contributed by atoms with Crippen molar-refractivity contribution in [3.8, 4) is 11.9 Å². The normalized spacial score (nSPS) is 21.7. The zero-order chi connectivity index (χ0) is 13.9. The Bertz CT molecular complexity index is 494. The van der Waals surface area contributed by atoms with Crippen molar-refractivity contribution in [3.63, 3.8) is 0 Å². The fraction of sp³-hybridized carbons (Fsp3) is 0.571. The summed E-state index contributed by atoms with van der Waals surface area (Å²) in [5, 5.41) is 12.3. The molecule has 0 aromatic carbocycles. The zero-order valence-electron chi connectivity index (χ0n) is 11.6. The number of rotatable bonds is 3. The molecule has 1 unspecified atom stereocenters. The lowest BCUT2D eigenvalue weighted by Gasteiger charge is -2.36. The van der Waals surface area contributed by atoms with Gasteiger partial charge in [-0.05, 0) is 32.9 Å². The van der Waals surface area contributed by atoms with E-state index >= 15 is 0 Å². The number of aromatic nitrogens is 1. The number of morpholine rings is 1. The highest BCUT2D eigenvalue weighted by atomic mass is 16.6. The molecule has 5 heteroatoms. The molecule has 102 valence electrons. The molecule has 0 bridgehead atoms. The predicted molar refractivity (Wildman–Crippen MR) is 71.0 cm³/mol. The quantitative estimate of drug-likeness (QED) is 0.891. The van der Waals surface area contributed by atoms with Gasteiger partial charge in [0.1, 0.15) is 24.3 Å². The van der Waals surface area contributed by atoms with Crippen molar-refractivity contribution < 1.29 is 9.47 Å². The van der Waals surface area contributed by atoms with E-state index in [1.165, 1.54) is 0 Å². The lowest BCUT2D eigenvalue weighted by atomic mass is 10.1. The first-order valence-electron chi connectivity index (χ1n) is 6.39. The van der Waals surface area contributed by atoms with Crippen molar-refractivity contribution in [2.45, 2.75) is 32.5 Å². The number of nitrogens with zero attached hydrogens (tertiary/aromatic N) is 2. The molecule has 5 nitrogen and oxygen atoms in total. The van der Waals surface area contributed by atoms with Crippen LogP contribution in [0.5, 0.6) is 5.88 Å². The summed E-state index contributed by atoms with van der Waals surface area (Å²) in [6.45, 7) is 7.92. The van der Waals surface area contributed by atoms with Gasteiger partial charge in [-0.3, -0.25) is 0 Å². The molecule has 1 N–H and O–H groups in total. The average Bonchev–Trinajstić information content (AvgIpc) is 2.35. The minimum absolute atomic E-state index is 0.0300. The van der Waals surface area contributed by atoms with E-state index in [-0.39, 0.29) is 11.7 Å². The lowest BCUT2D eigenvalue weighted by Crippen LogP contribution is -2.52. The Balaban J connectivity index is 1.99. The van der Waals surface area contributed by atoms with Crippen LogP contribution in [0.3, 0.4) is 0 Å². The molecule has 1 aromatic rings. The molecule has 0 spiro atoms. The predicted octanol–water partition coefficient (Wildman–Crippen LogP) is 1.41. The first-order valence-corrected chi connectivity index (χ1v) is 6.39. The van der Waals surface area contributed by atoms with Gasteiger partial charge in [0.15, 0.2) is 0 Å². The summed E-state index contributed by atoms with van der Waals surface area (Å²) in [7, 11) is 0. The second-order valence-electron chi connectivity index (χ2n) is 5.36. The Hall–Kier alpha value is -1.64. The summed E-state index contributed by atoms with van der Waals surface area (Å²) in [6, 6.07) is 5.61. The second-order valence-corrected chi connectivity index (χ2v) is 5.36. The van der Waals surface area contributed by atoms with Gasteiger partial charge in [-0.15, -0.1) is 0 Å². The van der Waals surface area contributed by atoms with Gasteiger partial charge in [-0.25, -0.2) is 4.98 Å². The third kappa shape index (κ3) is 3.66. The minimum atomic E-state index is -0.190. The van der Waals surface area contributed by atoms with Gasteiger partial charge in [0.25, 0.3) is 0 Å². The summed E-state index contributed by atoms with van der Waals surface area (Å²) in [5.74, 6) is 0.384. The van der Waals surface area contributed by atoms with Gasteiger partial charge in [-0.2, -0.15) is 5.26 Å². The number of ether oxygens (including phenoxy) is 2. The lowest BCUT2D eigenvalue weighted by molar-refractivity contribution is -0.107. The highest BCUT2D eigenvalue weighted by molar-refractivity contribution is 5.38. The van der Waals surface area contributed by atoms with Crippen LogP contribution in [0.1, 0.15) is 25.1 Å². The van der Waals surface area contributed by atoms with Crippen molar-refractivity contribution >= 4 is 0 Å². The molecule has 1 aliphatic heterocycles. The van der Waals surface area contributed by atoms with Gasteiger partial charge in [0, 0.05) is 18.8 Å². The molecule has 1 atom stereocenters. The number of nitrogens with one attached hydrogen (secondary N) is 1. The Labute approximate surface area is 113 Å². The van der Waals surface area contributed by atoms with E-state index in [1.54, 1.807) is 12.1 Å². The SMILES string of the molecule is Cc1ccc(C#N)c(OCC2CNCC(C)(C)O2)n1. The second kappa shape index (κ2) is 5.55. The van der Waals surface area contributed by atoms with E-state index in [0.29, 0.717) is 18.1 Å². The van der Waals surface area contributed by atoms with Crippen LogP contribution in [0, 0.1) is 18.3 Å². The largest absolute Gasteiger partial charge is 0.474 e. The fourth-order valence-electron chi connectivity index (χ4n) is 2.06. The topological polar surface area (TPSA) is 67.2 Å². The van der Waals surface area contributed by atoms with Crippen LogP contribution in [0.4, 0.5) is 0 Å². The van der Waals surface area contributed by atoms with E-state index in [9.17, 15) is 0 Å². The summed E-state index contributed by atoms with van der Waals surface area (Å²) >= 11 is 0. The first kappa shape index (κ1) is 13.8. The maximum atomic E-state index is 9.02. The molecular formula is C14H19N3O2. The van der Waals surface area contributed by atoms with Crippen LogP contribution in [-0.4, -0.2) is 36.4 Å². The molecule has 1 aliphatic rings. The Morgan fingerprint density at radius 3 is 3.05 bits per heavy atom. The Morgan fingerprint density at radius 2 is 2.37 bits per heavy atom. The third-order valence-electron chi connectivity index (χ3n) is 2.93. The molecule has 1 saturated heterocycles. The molecule has 0 aliphatic carbocycles. The van der Waals surface area contributed by atoms with E-state index in [1.807, 2.05) is 20.8 Å². The molecule has 1 fully saturated rings. The highest BCUT2D eigenvalue weighted by Crippen LogP contribution is 2.18. The Morgan fingerprint density at radius 1 is 1.58 bits per heavy atom. The number of aryl methyl sites for hydroxylation is 1. The van der Waals surface area contributed by atoms with Crippen LogP contribution in [0.2, 0.25) is 0 Å². The minimum Gasteiger partial charge on any atom is -0.474 e. The van der Waals surface area contributed by atoms with Crippen LogP contribution in [0.15, 0.2) is 12.1 Å². The van der Waals surface area contributed by atoms with Gasteiger partial charge in [0.2, 0.25) is 5.88 Å². The molecule has 19 heavy (non-hydrogen) atoms. The van der Waals surface area contributed by atoms with Crippen LogP contribution >= 0.6 is 0 Å². The van der Waals surface area contributed by atoms with Gasteiger partial charge < -0.3 is 14.8 Å². The van der Waals surface area contributed by atoms with Crippen molar-refractivity contribution in [1.82, 2.24) is 10.3 Å². The van der Waals surface area contributed by atoms with E-state index < -0.39 is 0 Å². The standard InChI is InChI=1S/C14H19N3O2/c1-10-4-5-11(6-15)13(17-10)18-8-12-7-16-9-14(2,3)19-12/h4-5,12,16H,7-9H2,1-3H3. The molecule has 0 radical (unpaired) electrons. The summed E-state index contributed by atoms with van der Waals surface area (Å²) in [4.78, 5) is 4.24. The van der Waals surface area contributed by atoms with Gasteiger partial charge >= 0.3 is 0 Å². The molecular weight excluding hydrogens is 242 g/mol. The molecule has 2 heterocycles. The van der Waals surface area contributed by atoms with Crippen molar-refractivity contribution in [1.29, 1.82) is 5.26 Å². The number of pyridine rings is 1. The maximum absolute atomic E-state index is 9.02. The monoisotopic (exact) mass is 261 g/mol. The number of hydrogen-bond donors (Lipinski definition) is 1. The average molecular weight is 261 g/mol. The third-order valence-corrected chi connectivity index (χ3v) is 2.93. The molecule has 0 amide bonds. The van der Waals surface area contributed by atoms with E-state index in [2.05, 4.69) is 16.4 Å². The van der Waals surface area contributed by atoms with Crippen molar-refractivity contribution in [3.05, 3.63) is 23.4 Å².